The van der Waals surface area contributed by atoms with E-state index in [2.05, 4.69) is 0 Å². The van der Waals surface area contributed by atoms with Crippen molar-refractivity contribution >= 4 is 32.8 Å². The zero-order valence-electron chi connectivity index (χ0n) is 12.7. The van der Waals surface area contributed by atoms with Gasteiger partial charge in [-0.15, -0.1) is 0 Å². The summed E-state index contributed by atoms with van der Waals surface area (Å²) in [6.07, 6.45) is 0. The Morgan fingerprint density at radius 3 is 2.17 bits per heavy atom. The second-order valence-electron chi connectivity index (χ2n) is 6.46. The van der Waals surface area contributed by atoms with E-state index in [1.54, 1.807) is 12.1 Å². The Balaban J connectivity index is 2.57. The van der Waals surface area contributed by atoms with Gasteiger partial charge >= 0.3 is 11.9 Å². The smallest absolute Gasteiger partial charge is 0.346 e. The molecule has 0 fully saturated rings. The number of carbonyl (C=O) groups excluding carboxylic acids is 2. The first-order chi connectivity index (χ1) is 10.5. The summed E-state index contributed by atoms with van der Waals surface area (Å²) in [6.45, 7) is 5.70. The van der Waals surface area contributed by atoms with Crippen LogP contribution in [-0.4, -0.2) is 24.9 Å². The number of ether oxygens (including phenoxy) is 1. The van der Waals surface area contributed by atoms with E-state index in [4.69, 9.17) is 4.74 Å². The monoisotopic (exact) mass is 334 g/mol. The second kappa shape index (κ2) is 4.62. The summed E-state index contributed by atoms with van der Waals surface area (Å²) in [7, 11) is -4.51. The van der Waals surface area contributed by atoms with Crippen LogP contribution in [0.3, 0.4) is 0 Å². The predicted octanol–water partition coefficient (Wildman–Crippen LogP) is 2.69. The molecule has 3 rings (SSSR count). The molecule has 0 bridgehead atoms. The van der Waals surface area contributed by atoms with Gasteiger partial charge in [-0.25, -0.2) is 9.59 Å². The maximum absolute atomic E-state index is 12.1. The molecule has 120 valence electrons. The summed E-state index contributed by atoms with van der Waals surface area (Å²) in [6, 6.07) is 5.55. The number of esters is 2. The average molecular weight is 334 g/mol. The lowest BCUT2D eigenvalue weighted by atomic mass is 9.83. The third kappa shape index (κ3) is 2.42. The molecule has 0 radical (unpaired) electrons. The van der Waals surface area contributed by atoms with Crippen LogP contribution in [0.1, 0.15) is 47.1 Å². The molecule has 1 aliphatic rings. The van der Waals surface area contributed by atoms with E-state index in [0.717, 1.165) is 6.07 Å². The Labute approximate surface area is 132 Å². The van der Waals surface area contributed by atoms with Gasteiger partial charge in [-0.3, -0.25) is 4.55 Å². The number of hydrogen-bond donors (Lipinski definition) is 1. The van der Waals surface area contributed by atoms with Crippen molar-refractivity contribution in [1.29, 1.82) is 0 Å². The average Bonchev–Trinajstić information content (AvgIpc) is 2.41. The molecule has 0 aromatic heterocycles. The standard InChI is InChI=1S/C16H14O6S/c1-16(2,3)8-6-10-12(23(19,20)21)5-4-9-13(10)11(7-8)15(18)22-14(9)17/h4-7H,1-3H3,(H,19,20,21). The molecule has 1 heterocycles. The number of carbonyl (C=O) groups is 2. The second-order valence-corrected chi connectivity index (χ2v) is 7.85. The van der Waals surface area contributed by atoms with E-state index in [1.807, 2.05) is 20.8 Å². The van der Waals surface area contributed by atoms with Crippen molar-refractivity contribution in [2.45, 2.75) is 31.1 Å². The molecule has 2 aromatic carbocycles. The van der Waals surface area contributed by atoms with Crippen molar-refractivity contribution < 1.29 is 27.3 Å². The van der Waals surface area contributed by atoms with Gasteiger partial charge in [0, 0.05) is 10.8 Å². The van der Waals surface area contributed by atoms with Gasteiger partial charge in [0.2, 0.25) is 0 Å². The van der Waals surface area contributed by atoms with E-state index < -0.39 is 22.1 Å². The molecular weight excluding hydrogens is 320 g/mol. The minimum Gasteiger partial charge on any atom is -0.386 e. The molecule has 7 heteroatoms. The fourth-order valence-corrected chi connectivity index (χ4v) is 3.32. The van der Waals surface area contributed by atoms with Crippen molar-refractivity contribution in [2.24, 2.45) is 0 Å². The highest BCUT2D eigenvalue weighted by Crippen LogP contribution is 2.36. The van der Waals surface area contributed by atoms with Gasteiger partial charge in [-0.1, -0.05) is 20.8 Å². The minimum atomic E-state index is -4.51. The van der Waals surface area contributed by atoms with Crippen molar-refractivity contribution in [2.75, 3.05) is 0 Å². The van der Waals surface area contributed by atoms with Crippen LogP contribution in [0.15, 0.2) is 29.2 Å². The molecule has 0 saturated carbocycles. The summed E-state index contributed by atoms with van der Waals surface area (Å²) in [5.74, 6) is -1.66. The van der Waals surface area contributed by atoms with Gasteiger partial charge in [-0.2, -0.15) is 8.42 Å². The highest BCUT2D eigenvalue weighted by atomic mass is 32.2. The Kier molecular flexibility index (Phi) is 3.14. The van der Waals surface area contributed by atoms with Crippen LogP contribution in [0.25, 0.3) is 10.8 Å². The number of cyclic esters (lactones) is 2. The highest BCUT2D eigenvalue weighted by Gasteiger charge is 2.31. The van der Waals surface area contributed by atoms with E-state index in [9.17, 15) is 22.6 Å². The molecule has 0 amide bonds. The maximum atomic E-state index is 12.1. The van der Waals surface area contributed by atoms with E-state index >= 15 is 0 Å². The van der Waals surface area contributed by atoms with E-state index in [1.165, 1.54) is 6.07 Å². The van der Waals surface area contributed by atoms with Crippen molar-refractivity contribution in [3.05, 3.63) is 41.0 Å². The third-order valence-electron chi connectivity index (χ3n) is 3.84. The molecule has 0 unspecified atom stereocenters. The first-order valence-electron chi connectivity index (χ1n) is 6.85. The SMILES string of the molecule is CC(C)(C)c1cc2c3c(ccc(S(=O)(=O)O)c3c1)C(=O)OC2=O. The molecular formula is C16H14O6S. The zero-order valence-corrected chi connectivity index (χ0v) is 13.5. The van der Waals surface area contributed by atoms with Crippen molar-refractivity contribution in [3.8, 4) is 0 Å². The lowest BCUT2D eigenvalue weighted by molar-refractivity contribution is 0.0391. The lowest BCUT2D eigenvalue weighted by Gasteiger charge is -2.23. The predicted molar refractivity (Wildman–Crippen MR) is 82.2 cm³/mol. The third-order valence-corrected chi connectivity index (χ3v) is 4.76. The van der Waals surface area contributed by atoms with Gasteiger partial charge in [0.15, 0.2) is 0 Å². The first kappa shape index (κ1) is 15.6. The van der Waals surface area contributed by atoms with Crippen LogP contribution in [0.5, 0.6) is 0 Å². The van der Waals surface area contributed by atoms with E-state index in [0.29, 0.717) is 5.56 Å². The quantitative estimate of drug-likeness (QED) is 0.489. The minimum absolute atomic E-state index is 0.0995. The van der Waals surface area contributed by atoms with Gasteiger partial charge in [0.1, 0.15) is 4.90 Å². The summed E-state index contributed by atoms with van der Waals surface area (Å²) in [4.78, 5) is 23.6. The molecule has 0 spiro atoms. The summed E-state index contributed by atoms with van der Waals surface area (Å²) >= 11 is 0. The molecule has 1 aliphatic heterocycles. The number of hydrogen-bond acceptors (Lipinski definition) is 5. The highest BCUT2D eigenvalue weighted by molar-refractivity contribution is 7.86. The summed E-state index contributed by atoms with van der Waals surface area (Å²) in [5.41, 5.74) is 0.530. The van der Waals surface area contributed by atoms with E-state index in [-0.39, 0.29) is 32.2 Å². The lowest BCUT2D eigenvalue weighted by Crippen LogP contribution is -2.22. The Morgan fingerprint density at radius 1 is 1.00 bits per heavy atom. The van der Waals surface area contributed by atoms with Crippen LogP contribution in [0.2, 0.25) is 0 Å². The van der Waals surface area contributed by atoms with Gasteiger partial charge in [-0.05, 0) is 35.2 Å². The molecule has 2 aromatic rings. The zero-order chi connectivity index (χ0) is 17.2. The number of benzene rings is 2. The summed E-state index contributed by atoms with van der Waals surface area (Å²) < 4.78 is 37.5. The van der Waals surface area contributed by atoms with Crippen molar-refractivity contribution in [1.82, 2.24) is 0 Å². The van der Waals surface area contributed by atoms with Crippen LogP contribution in [0, 0.1) is 0 Å². The fourth-order valence-electron chi connectivity index (χ4n) is 2.64. The largest absolute Gasteiger partial charge is 0.386 e. The van der Waals surface area contributed by atoms with Crippen LogP contribution < -0.4 is 0 Å². The first-order valence-corrected chi connectivity index (χ1v) is 8.29. The molecule has 0 aliphatic carbocycles. The molecule has 1 N–H and O–H groups in total. The van der Waals surface area contributed by atoms with Crippen molar-refractivity contribution in [3.63, 3.8) is 0 Å². The Bertz CT molecular complexity index is 980. The van der Waals surface area contributed by atoms with Crippen LogP contribution in [-0.2, 0) is 20.3 Å². The van der Waals surface area contributed by atoms with Crippen LogP contribution >= 0.6 is 0 Å². The maximum Gasteiger partial charge on any atom is 0.346 e. The Hall–Kier alpha value is -2.25. The fraction of sp³-hybridized carbons (Fsp3) is 0.250. The van der Waals surface area contributed by atoms with Gasteiger partial charge in [0.25, 0.3) is 10.1 Å². The normalized spacial score (nSPS) is 15.0. The molecule has 0 saturated heterocycles. The van der Waals surface area contributed by atoms with Gasteiger partial charge < -0.3 is 4.74 Å². The summed E-state index contributed by atoms with van der Waals surface area (Å²) in [5, 5.41) is 0.326. The van der Waals surface area contributed by atoms with Gasteiger partial charge in [0.05, 0.1) is 11.1 Å². The number of rotatable bonds is 1. The molecule has 23 heavy (non-hydrogen) atoms. The topological polar surface area (TPSA) is 97.7 Å². The molecule has 0 atom stereocenters. The van der Waals surface area contributed by atoms with Crippen LogP contribution in [0.4, 0.5) is 0 Å². The Morgan fingerprint density at radius 2 is 1.61 bits per heavy atom. The molecule has 6 nitrogen and oxygen atoms in total.